The smallest absolute Gasteiger partial charge is 0.308 e. The zero-order chi connectivity index (χ0) is 19.6. The highest BCUT2D eigenvalue weighted by Crippen LogP contribution is 2.18. The van der Waals surface area contributed by atoms with Crippen LogP contribution in [0, 0.1) is 5.92 Å². The number of benzene rings is 1. The minimum Gasteiger partial charge on any atom is -0.469 e. The summed E-state index contributed by atoms with van der Waals surface area (Å²) in [6, 6.07) is 7.62. The Morgan fingerprint density at radius 2 is 2.00 bits per heavy atom. The first-order valence-electron chi connectivity index (χ1n) is 9.51. The summed E-state index contributed by atoms with van der Waals surface area (Å²) in [6.45, 7) is 5.05. The molecular weight excluding hydrogens is 471 g/mol. The molecule has 0 unspecified atom stereocenters. The summed E-state index contributed by atoms with van der Waals surface area (Å²) in [5, 5.41) is 5.97. The first-order chi connectivity index (χ1) is 13.1. The van der Waals surface area contributed by atoms with Crippen LogP contribution in [-0.4, -0.2) is 63.1 Å². The number of carbonyl (C=O) groups is 2. The monoisotopic (exact) mass is 502 g/mol. The number of nitrogens with one attached hydrogen (secondary N) is 2. The number of likely N-dealkylation sites (tertiary alicyclic amines) is 1. The summed E-state index contributed by atoms with van der Waals surface area (Å²) in [5.41, 5.74) is 1.75. The van der Waals surface area contributed by atoms with Crippen molar-refractivity contribution in [2.75, 3.05) is 40.3 Å². The molecule has 1 saturated heterocycles. The van der Waals surface area contributed by atoms with Crippen molar-refractivity contribution in [2.45, 2.75) is 26.2 Å². The Labute approximate surface area is 184 Å². The van der Waals surface area contributed by atoms with Gasteiger partial charge in [-0.3, -0.25) is 14.6 Å². The summed E-state index contributed by atoms with van der Waals surface area (Å²) < 4.78 is 4.85. The van der Waals surface area contributed by atoms with Crippen molar-refractivity contribution in [1.29, 1.82) is 0 Å². The minimum atomic E-state index is -0.118. The van der Waals surface area contributed by atoms with Crippen LogP contribution in [0.4, 0.5) is 0 Å². The molecule has 28 heavy (non-hydrogen) atoms. The number of aliphatic imine (C=N–C) groups is 1. The van der Waals surface area contributed by atoms with Gasteiger partial charge in [-0.2, -0.15) is 0 Å². The van der Waals surface area contributed by atoms with Crippen LogP contribution in [0.15, 0.2) is 29.3 Å². The van der Waals surface area contributed by atoms with Gasteiger partial charge in [0.15, 0.2) is 5.96 Å². The molecule has 0 radical (unpaired) electrons. The van der Waals surface area contributed by atoms with E-state index in [2.05, 4.69) is 15.5 Å². The van der Waals surface area contributed by atoms with Gasteiger partial charge in [-0.25, -0.2) is 0 Å². The average molecular weight is 502 g/mol. The molecule has 0 atom stereocenters. The normalized spacial score (nSPS) is 14.8. The van der Waals surface area contributed by atoms with Crippen LogP contribution in [-0.2, 0) is 16.0 Å². The van der Waals surface area contributed by atoms with Crippen LogP contribution in [0.1, 0.15) is 35.7 Å². The molecule has 0 aromatic heterocycles. The molecule has 2 N–H and O–H groups in total. The lowest BCUT2D eigenvalue weighted by Gasteiger charge is -2.33. The molecule has 1 heterocycles. The maximum atomic E-state index is 11.7. The number of methoxy groups -OCH3 is 1. The molecule has 8 heteroatoms. The Morgan fingerprint density at radius 1 is 1.29 bits per heavy atom. The van der Waals surface area contributed by atoms with Gasteiger partial charge in [0.25, 0.3) is 5.91 Å². The van der Waals surface area contributed by atoms with Crippen molar-refractivity contribution in [1.82, 2.24) is 15.5 Å². The van der Waals surface area contributed by atoms with Gasteiger partial charge in [0.1, 0.15) is 0 Å². The number of hydrogen-bond acceptors (Lipinski definition) is 4. The molecule has 7 nitrogen and oxygen atoms in total. The van der Waals surface area contributed by atoms with E-state index in [1.165, 1.54) is 7.11 Å². The third kappa shape index (κ3) is 6.96. The van der Waals surface area contributed by atoms with Crippen molar-refractivity contribution in [3.63, 3.8) is 0 Å². The lowest BCUT2D eigenvalue weighted by atomic mass is 9.97. The second-order valence-corrected chi connectivity index (χ2v) is 6.55. The Hall–Kier alpha value is -1.84. The number of halogens is 1. The van der Waals surface area contributed by atoms with Crippen LogP contribution in [0.3, 0.4) is 0 Å². The molecular formula is C20H31IN4O3. The van der Waals surface area contributed by atoms with E-state index in [1.54, 1.807) is 13.1 Å². The zero-order valence-corrected chi connectivity index (χ0v) is 19.2. The largest absolute Gasteiger partial charge is 0.469 e. The van der Waals surface area contributed by atoms with E-state index in [0.29, 0.717) is 12.1 Å². The number of piperidine rings is 1. The van der Waals surface area contributed by atoms with E-state index in [1.807, 2.05) is 25.1 Å². The van der Waals surface area contributed by atoms with Gasteiger partial charge >= 0.3 is 5.97 Å². The van der Waals surface area contributed by atoms with Crippen LogP contribution < -0.4 is 10.6 Å². The van der Waals surface area contributed by atoms with Gasteiger partial charge < -0.3 is 20.3 Å². The van der Waals surface area contributed by atoms with Crippen molar-refractivity contribution < 1.29 is 14.3 Å². The highest BCUT2D eigenvalue weighted by Gasteiger charge is 2.26. The molecule has 156 valence electrons. The highest BCUT2D eigenvalue weighted by molar-refractivity contribution is 14.0. The van der Waals surface area contributed by atoms with Gasteiger partial charge in [0, 0.05) is 38.8 Å². The van der Waals surface area contributed by atoms with Gasteiger partial charge in [-0.15, -0.1) is 24.0 Å². The third-order valence-corrected chi connectivity index (χ3v) is 4.74. The Morgan fingerprint density at radius 3 is 2.61 bits per heavy atom. The standard InChI is InChI=1S/C20H30N4O3.HI/c1-4-22-20(24-12-9-16(10-13-24)19(26)27-3)23-11-8-15-6-5-7-17(14-15)18(25)21-2;/h5-7,14,16H,4,8-13H2,1-3H3,(H,21,25)(H,22,23);1H. The van der Waals surface area contributed by atoms with Crippen molar-refractivity contribution in [2.24, 2.45) is 10.9 Å². The number of hydrogen-bond donors (Lipinski definition) is 2. The maximum Gasteiger partial charge on any atom is 0.308 e. The van der Waals surface area contributed by atoms with Crippen molar-refractivity contribution >= 4 is 41.8 Å². The third-order valence-electron chi connectivity index (χ3n) is 4.74. The number of carbonyl (C=O) groups excluding carboxylic acids is 2. The van der Waals surface area contributed by atoms with Crippen LogP contribution in [0.25, 0.3) is 0 Å². The summed E-state index contributed by atoms with van der Waals surface area (Å²) in [5.74, 6) is 0.666. The van der Waals surface area contributed by atoms with E-state index >= 15 is 0 Å². The molecule has 1 fully saturated rings. The minimum absolute atomic E-state index is 0. The van der Waals surface area contributed by atoms with Crippen LogP contribution in [0.5, 0.6) is 0 Å². The topological polar surface area (TPSA) is 83.0 Å². The van der Waals surface area contributed by atoms with E-state index in [9.17, 15) is 9.59 Å². The fourth-order valence-electron chi connectivity index (χ4n) is 3.22. The fourth-order valence-corrected chi connectivity index (χ4v) is 3.22. The summed E-state index contributed by atoms with van der Waals surface area (Å²) in [4.78, 5) is 30.4. The first kappa shape index (κ1) is 24.2. The molecule has 0 spiro atoms. The molecule has 1 amide bonds. The lowest BCUT2D eigenvalue weighted by molar-refractivity contribution is -0.146. The second kappa shape index (κ2) is 12.6. The highest BCUT2D eigenvalue weighted by atomic mass is 127. The van der Waals surface area contributed by atoms with E-state index < -0.39 is 0 Å². The number of guanidine groups is 1. The second-order valence-electron chi connectivity index (χ2n) is 6.55. The number of nitrogens with zero attached hydrogens (tertiary/aromatic N) is 2. The number of amides is 1. The number of ether oxygens (including phenoxy) is 1. The van der Waals surface area contributed by atoms with Gasteiger partial charge in [-0.05, 0) is 43.9 Å². The SMILES string of the molecule is CCNC(=NCCc1cccc(C(=O)NC)c1)N1CCC(C(=O)OC)CC1.I. The molecule has 1 aromatic carbocycles. The molecule has 1 aliphatic heterocycles. The molecule has 1 aliphatic rings. The summed E-state index contributed by atoms with van der Waals surface area (Å²) >= 11 is 0. The van der Waals surface area contributed by atoms with Crippen molar-refractivity contribution in [3.05, 3.63) is 35.4 Å². The quantitative estimate of drug-likeness (QED) is 0.270. The summed E-state index contributed by atoms with van der Waals surface area (Å²) in [7, 11) is 3.07. The Kier molecular flexibility index (Phi) is 10.9. The van der Waals surface area contributed by atoms with Gasteiger partial charge in [0.05, 0.1) is 13.0 Å². The predicted molar refractivity (Wildman–Crippen MR) is 121 cm³/mol. The van der Waals surface area contributed by atoms with Crippen LogP contribution in [0.2, 0.25) is 0 Å². The Bertz CT molecular complexity index is 673. The Balaban J connectivity index is 0.00000392. The van der Waals surface area contributed by atoms with Crippen molar-refractivity contribution in [3.8, 4) is 0 Å². The number of esters is 1. The van der Waals surface area contributed by atoms with E-state index in [0.717, 1.165) is 50.4 Å². The molecule has 2 rings (SSSR count). The lowest BCUT2D eigenvalue weighted by Crippen LogP contribution is -2.46. The predicted octanol–water partition coefficient (Wildman–Crippen LogP) is 2.06. The maximum absolute atomic E-state index is 11.7. The van der Waals surface area contributed by atoms with E-state index in [4.69, 9.17) is 9.73 Å². The molecule has 0 aliphatic carbocycles. The van der Waals surface area contributed by atoms with Gasteiger partial charge in [-0.1, -0.05) is 12.1 Å². The number of rotatable bonds is 6. The zero-order valence-electron chi connectivity index (χ0n) is 16.9. The molecule has 0 bridgehead atoms. The molecule has 1 aromatic rings. The van der Waals surface area contributed by atoms with E-state index in [-0.39, 0.29) is 41.8 Å². The molecule has 0 saturated carbocycles. The average Bonchev–Trinajstić information content (AvgIpc) is 2.72. The van der Waals surface area contributed by atoms with Gasteiger partial charge in [0.2, 0.25) is 0 Å². The van der Waals surface area contributed by atoms with Crippen LogP contribution >= 0.6 is 24.0 Å². The first-order valence-corrected chi connectivity index (χ1v) is 9.51. The summed E-state index contributed by atoms with van der Waals surface area (Å²) in [6.07, 6.45) is 2.33. The fraction of sp³-hybridized carbons (Fsp3) is 0.550.